The third-order valence-electron chi connectivity index (χ3n) is 4.81. The monoisotopic (exact) mass is 452 g/mol. The Balaban J connectivity index is 2.65. The molecule has 1 atom stereocenters. The predicted molar refractivity (Wildman–Crippen MR) is 103 cm³/mol. The lowest BCUT2D eigenvalue weighted by Gasteiger charge is -2.19. The van der Waals surface area contributed by atoms with Crippen molar-refractivity contribution < 1.29 is 30.7 Å². The molecule has 0 saturated carbocycles. The fraction of sp³-hybridized carbons (Fsp3) is 0.300. The lowest BCUT2D eigenvalue weighted by molar-refractivity contribution is 0.426. The third-order valence-corrected chi connectivity index (χ3v) is 5.96. The number of thioether (sulfide) groups is 1. The van der Waals surface area contributed by atoms with Gasteiger partial charge in [0, 0.05) is 18.5 Å². The fourth-order valence-corrected chi connectivity index (χ4v) is 3.90. The molecule has 10 heteroatoms. The minimum atomic E-state index is -2.02. The normalized spacial score (nSPS) is 12.2. The molecule has 0 amide bonds. The standard InChI is InChI=1S/C20H19F7N2S/c1-7-8(2)14(22)15(23)11(13(7)21)12-16(24)18(26)20(19(27)17(12)25)30-6-10(29-5)9(3)28-4/h10,28-29H,3,6H2,1-2,4-5H3. The van der Waals surface area contributed by atoms with Crippen molar-refractivity contribution in [3.05, 3.63) is 64.1 Å². The molecule has 2 aromatic carbocycles. The van der Waals surface area contributed by atoms with E-state index in [0.29, 0.717) is 17.5 Å². The van der Waals surface area contributed by atoms with Crippen LogP contribution in [0.1, 0.15) is 11.1 Å². The molecule has 0 saturated heterocycles. The number of halogens is 7. The van der Waals surface area contributed by atoms with Crippen molar-refractivity contribution in [2.24, 2.45) is 0 Å². The smallest absolute Gasteiger partial charge is 0.176 e. The van der Waals surface area contributed by atoms with Gasteiger partial charge in [0.15, 0.2) is 34.9 Å². The highest BCUT2D eigenvalue weighted by atomic mass is 32.2. The van der Waals surface area contributed by atoms with Crippen LogP contribution >= 0.6 is 11.8 Å². The van der Waals surface area contributed by atoms with Crippen molar-refractivity contribution >= 4 is 11.8 Å². The third kappa shape index (κ3) is 4.02. The van der Waals surface area contributed by atoms with Crippen LogP contribution in [0.2, 0.25) is 0 Å². The van der Waals surface area contributed by atoms with E-state index in [0.717, 1.165) is 13.8 Å². The molecule has 2 rings (SSSR count). The van der Waals surface area contributed by atoms with Gasteiger partial charge in [-0.05, 0) is 32.0 Å². The van der Waals surface area contributed by atoms with Crippen LogP contribution in [0.25, 0.3) is 11.1 Å². The van der Waals surface area contributed by atoms with Gasteiger partial charge in [0.1, 0.15) is 5.82 Å². The first-order chi connectivity index (χ1) is 14.0. The molecule has 2 N–H and O–H groups in total. The van der Waals surface area contributed by atoms with Crippen LogP contribution in [0.4, 0.5) is 30.7 Å². The SMILES string of the molecule is C=C(NC)C(CSc1c(F)c(F)c(-c2c(F)c(C)c(C)c(F)c2F)c(F)c1F)NC. The summed E-state index contributed by atoms with van der Waals surface area (Å²) in [5, 5.41) is 5.54. The van der Waals surface area contributed by atoms with Crippen LogP contribution in [-0.2, 0) is 0 Å². The Kier molecular flexibility index (Phi) is 7.46. The van der Waals surface area contributed by atoms with E-state index in [1.165, 1.54) is 0 Å². The zero-order chi connectivity index (χ0) is 22.9. The molecule has 0 fully saturated rings. The summed E-state index contributed by atoms with van der Waals surface area (Å²) in [6.45, 7) is 5.80. The second-order valence-corrected chi connectivity index (χ2v) is 7.48. The fourth-order valence-electron chi connectivity index (χ4n) is 2.76. The van der Waals surface area contributed by atoms with Crippen molar-refractivity contribution in [3.63, 3.8) is 0 Å². The Morgan fingerprint density at radius 1 is 0.767 bits per heavy atom. The molecule has 0 aliphatic carbocycles. The van der Waals surface area contributed by atoms with Gasteiger partial charge in [-0.1, -0.05) is 6.58 Å². The van der Waals surface area contributed by atoms with Gasteiger partial charge in [0.2, 0.25) is 0 Å². The van der Waals surface area contributed by atoms with E-state index in [-0.39, 0.29) is 5.75 Å². The average Bonchev–Trinajstić information content (AvgIpc) is 2.73. The first kappa shape index (κ1) is 24.1. The summed E-state index contributed by atoms with van der Waals surface area (Å²) >= 11 is 0.445. The Hall–Kier alpha value is -2.20. The minimum Gasteiger partial charge on any atom is -0.391 e. The molecule has 2 aromatic rings. The summed E-state index contributed by atoms with van der Waals surface area (Å²) in [6.07, 6.45) is 0. The molecule has 0 spiro atoms. The number of likely N-dealkylation sites (N-methyl/N-ethyl adjacent to an activating group) is 2. The number of nitrogens with one attached hydrogen (secondary N) is 2. The molecular weight excluding hydrogens is 433 g/mol. The van der Waals surface area contributed by atoms with Crippen molar-refractivity contribution in [1.82, 2.24) is 10.6 Å². The summed E-state index contributed by atoms with van der Waals surface area (Å²) in [5.41, 5.74) is -3.55. The molecule has 0 heterocycles. The number of hydrogen-bond donors (Lipinski definition) is 2. The van der Waals surface area contributed by atoms with E-state index in [9.17, 15) is 30.7 Å². The van der Waals surface area contributed by atoms with Gasteiger partial charge in [-0.15, -0.1) is 11.8 Å². The molecule has 0 bridgehead atoms. The minimum absolute atomic E-state index is 0.0662. The van der Waals surface area contributed by atoms with Gasteiger partial charge in [0.05, 0.1) is 22.1 Å². The molecule has 0 aromatic heterocycles. The van der Waals surface area contributed by atoms with Crippen LogP contribution in [0, 0.1) is 54.6 Å². The maximum absolute atomic E-state index is 14.6. The molecule has 2 nitrogen and oxygen atoms in total. The highest BCUT2D eigenvalue weighted by Crippen LogP contribution is 2.40. The van der Waals surface area contributed by atoms with E-state index >= 15 is 0 Å². The second-order valence-electron chi connectivity index (χ2n) is 6.45. The van der Waals surface area contributed by atoms with Gasteiger partial charge in [-0.3, -0.25) is 0 Å². The molecule has 0 radical (unpaired) electrons. The quantitative estimate of drug-likeness (QED) is 0.336. The molecule has 0 aliphatic heterocycles. The Morgan fingerprint density at radius 3 is 1.67 bits per heavy atom. The van der Waals surface area contributed by atoms with Crippen molar-refractivity contribution in [1.29, 1.82) is 0 Å². The summed E-state index contributed by atoms with van der Waals surface area (Å²) in [4.78, 5) is -1.01. The summed E-state index contributed by atoms with van der Waals surface area (Å²) in [5.74, 6) is -12.8. The number of benzene rings is 2. The van der Waals surface area contributed by atoms with Gasteiger partial charge in [-0.2, -0.15) is 0 Å². The lowest BCUT2D eigenvalue weighted by atomic mass is 9.96. The number of rotatable bonds is 7. The van der Waals surface area contributed by atoms with Crippen LogP contribution in [0.5, 0.6) is 0 Å². The topological polar surface area (TPSA) is 24.1 Å². The molecule has 1 unspecified atom stereocenters. The van der Waals surface area contributed by atoms with Crippen molar-refractivity contribution in [2.45, 2.75) is 24.8 Å². The van der Waals surface area contributed by atoms with E-state index in [1.54, 1.807) is 14.1 Å². The van der Waals surface area contributed by atoms with E-state index in [1.807, 2.05) is 0 Å². The van der Waals surface area contributed by atoms with Gasteiger partial charge >= 0.3 is 0 Å². The maximum atomic E-state index is 14.6. The number of hydrogen-bond acceptors (Lipinski definition) is 3. The van der Waals surface area contributed by atoms with Gasteiger partial charge in [0.25, 0.3) is 0 Å². The van der Waals surface area contributed by atoms with E-state index < -0.39 is 73.9 Å². The van der Waals surface area contributed by atoms with E-state index in [2.05, 4.69) is 17.2 Å². The predicted octanol–water partition coefficient (Wildman–Crippen LogP) is 5.36. The first-order valence-electron chi connectivity index (χ1n) is 8.65. The average molecular weight is 452 g/mol. The Morgan fingerprint density at radius 2 is 1.20 bits per heavy atom. The van der Waals surface area contributed by atoms with Crippen LogP contribution in [0.3, 0.4) is 0 Å². The molecule has 0 aliphatic rings. The van der Waals surface area contributed by atoms with Crippen LogP contribution in [-0.4, -0.2) is 25.9 Å². The van der Waals surface area contributed by atoms with Crippen LogP contribution in [0.15, 0.2) is 17.2 Å². The summed E-state index contributed by atoms with van der Waals surface area (Å²) in [6, 6.07) is -0.506. The lowest BCUT2D eigenvalue weighted by Crippen LogP contribution is -2.34. The first-order valence-corrected chi connectivity index (χ1v) is 9.64. The largest absolute Gasteiger partial charge is 0.391 e. The zero-order valence-corrected chi connectivity index (χ0v) is 17.4. The summed E-state index contributed by atoms with van der Waals surface area (Å²) < 4.78 is 101. The van der Waals surface area contributed by atoms with Crippen molar-refractivity contribution in [2.75, 3.05) is 19.8 Å². The van der Waals surface area contributed by atoms with E-state index in [4.69, 9.17) is 0 Å². The van der Waals surface area contributed by atoms with Gasteiger partial charge < -0.3 is 10.6 Å². The molecular formula is C20H19F7N2S. The maximum Gasteiger partial charge on any atom is 0.176 e. The zero-order valence-electron chi connectivity index (χ0n) is 16.5. The van der Waals surface area contributed by atoms with Crippen molar-refractivity contribution in [3.8, 4) is 11.1 Å². The highest BCUT2D eigenvalue weighted by molar-refractivity contribution is 7.99. The second kappa shape index (κ2) is 9.30. The summed E-state index contributed by atoms with van der Waals surface area (Å²) in [7, 11) is 3.11. The molecule has 164 valence electrons. The highest BCUT2D eigenvalue weighted by Gasteiger charge is 2.32. The van der Waals surface area contributed by atoms with Crippen LogP contribution < -0.4 is 10.6 Å². The Labute approximate surface area is 173 Å². The Bertz CT molecular complexity index is 950. The molecule has 30 heavy (non-hydrogen) atoms. The van der Waals surface area contributed by atoms with Gasteiger partial charge in [-0.25, -0.2) is 30.7 Å².